The van der Waals surface area contributed by atoms with Crippen LogP contribution in [-0.4, -0.2) is 58.2 Å². The van der Waals surface area contributed by atoms with Crippen LogP contribution >= 0.6 is 0 Å². The average molecular weight is 358 g/mol. The Labute approximate surface area is 152 Å². The lowest BCUT2D eigenvalue weighted by Crippen LogP contribution is -2.46. The summed E-state index contributed by atoms with van der Waals surface area (Å²) in [6.07, 6.45) is 5.99. The molecule has 1 aromatic heterocycles. The Bertz CT molecular complexity index is 758. The van der Waals surface area contributed by atoms with Gasteiger partial charge >= 0.3 is 0 Å². The third-order valence-electron chi connectivity index (χ3n) is 4.73. The summed E-state index contributed by atoms with van der Waals surface area (Å²) in [4.78, 5) is 24.2. The molecule has 0 radical (unpaired) electrons. The molecule has 2 heterocycles. The smallest absolute Gasteiger partial charge is 0.222 e. The number of halogens is 1. The van der Waals surface area contributed by atoms with E-state index in [-0.39, 0.29) is 24.7 Å². The number of rotatable bonds is 6. The quantitative estimate of drug-likeness (QED) is 0.850. The van der Waals surface area contributed by atoms with Crippen molar-refractivity contribution in [1.29, 1.82) is 0 Å². The van der Waals surface area contributed by atoms with Crippen LogP contribution in [0, 0.1) is 5.82 Å². The van der Waals surface area contributed by atoms with Crippen LogP contribution in [0.1, 0.15) is 18.4 Å². The van der Waals surface area contributed by atoms with E-state index in [0.29, 0.717) is 31.5 Å². The molecular weight excluding hydrogens is 335 g/mol. The molecule has 2 aromatic rings. The molecule has 1 N–H and O–H groups in total. The zero-order chi connectivity index (χ0) is 18.6. The Kier molecular flexibility index (Phi) is 5.46. The first kappa shape index (κ1) is 18.3. The maximum atomic E-state index is 13.7. The van der Waals surface area contributed by atoms with E-state index in [1.54, 1.807) is 43.8 Å². The summed E-state index contributed by atoms with van der Waals surface area (Å²) < 4.78 is 13.7. The standard InChI is InChI=1S/C19H23FN4O2/c1-23(18(25)7-6-15-4-2-3-5-16(15)20)13-19(26)8-11-24(14-19)17-12-21-9-10-22-17/h2-5,9-10,12,26H,6-8,11,13-14H2,1H3/t19-/m1/s1. The van der Waals surface area contributed by atoms with Crippen molar-refractivity contribution in [3.8, 4) is 0 Å². The SMILES string of the molecule is CN(C[C@]1(O)CCN(c2cnccn2)C1)C(=O)CCc1ccccc1F. The van der Waals surface area contributed by atoms with Gasteiger partial charge in [-0.15, -0.1) is 0 Å². The summed E-state index contributed by atoms with van der Waals surface area (Å²) in [5, 5.41) is 10.8. The van der Waals surface area contributed by atoms with Gasteiger partial charge in [-0.3, -0.25) is 9.78 Å². The molecule has 1 fully saturated rings. The van der Waals surface area contributed by atoms with Gasteiger partial charge in [0.2, 0.25) is 5.91 Å². The highest BCUT2D eigenvalue weighted by Gasteiger charge is 2.38. The van der Waals surface area contributed by atoms with Gasteiger partial charge in [0.25, 0.3) is 0 Å². The second-order valence-corrected chi connectivity index (χ2v) is 6.80. The van der Waals surface area contributed by atoms with Gasteiger partial charge in [0.1, 0.15) is 17.2 Å². The van der Waals surface area contributed by atoms with Gasteiger partial charge in [-0.2, -0.15) is 0 Å². The van der Waals surface area contributed by atoms with Crippen LogP contribution in [0.4, 0.5) is 10.2 Å². The summed E-state index contributed by atoms with van der Waals surface area (Å²) in [6.45, 7) is 1.29. The van der Waals surface area contributed by atoms with E-state index in [0.717, 1.165) is 5.82 Å². The highest BCUT2D eigenvalue weighted by molar-refractivity contribution is 5.76. The number of aromatic nitrogens is 2. The number of aliphatic hydroxyl groups is 1. The fourth-order valence-electron chi connectivity index (χ4n) is 3.30. The van der Waals surface area contributed by atoms with Gasteiger partial charge in [-0.05, 0) is 24.5 Å². The highest BCUT2D eigenvalue weighted by atomic mass is 19.1. The van der Waals surface area contributed by atoms with E-state index >= 15 is 0 Å². The number of β-amino-alcohol motifs (C(OH)–C–C–N with tert-alkyl or cyclic N) is 1. The van der Waals surface area contributed by atoms with Gasteiger partial charge in [0, 0.05) is 39.0 Å². The van der Waals surface area contributed by atoms with Crippen molar-refractivity contribution in [1.82, 2.24) is 14.9 Å². The van der Waals surface area contributed by atoms with E-state index in [1.807, 2.05) is 4.90 Å². The summed E-state index contributed by atoms with van der Waals surface area (Å²) in [5.41, 5.74) is -0.456. The molecule has 26 heavy (non-hydrogen) atoms. The van der Waals surface area contributed by atoms with Gasteiger partial charge < -0.3 is 14.9 Å². The highest BCUT2D eigenvalue weighted by Crippen LogP contribution is 2.26. The van der Waals surface area contributed by atoms with E-state index in [4.69, 9.17) is 0 Å². The Balaban J connectivity index is 1.53. The van der Waals surface area contributed by atoms with Crippen LogP contribution in [0.2, 0.25) is 0 Å². The zero-order valence-electron chi connectivity index (χ0n) is 14.8. The van der Waals surface area contributed by atoms with Crippen LogP contribution in [0.3, 0.4) is 0 Å². The van der Waals surface area contributed by atoms with E-state index in [9.17, 15) is 14.3 Å². The Morgan fingerprint density at radius 2 is 2.19 bits per heavy atom. The van der Waals surface area contributed by atoms with Gasteiger partial charge in [-0.25, -0.2) is 9.37 Å². The fourth-order valence-corrected chi connectivity index (χ4v) is 3.30. The summed E-state index contributed by atoms with van der Waals surface area (Å²) in [6, 6.07) is 6.47. The number of nitrogens with zero attached hydrogens (tertiary/aromatic N) is 4. The first-order valence-electron chi connectivity index (χ1n) is 8.68. The lowest BCUT2D eigenvalue weighted by Gasteiger charge is -2.29. The predicted molar refractivity (Wildman–Crippen MR) is 96.2 cm³/mol. The first-order valence-corrected chi connectivity index (χ1v) is 8.68. The molecule has 3 rings (SSSR count). The second kappa shape index (κ2) is 7.78. The van der Waals surface area contributed by atoms with Crippen molar-refractivity contribution < 1.29 is 14.3 Å². The summed E-state index contributed by atoms with van der Waals surface area (Å²) in [5.74, 6) is 0.313. The molecule has 0 unspecified atom stereocenters. The number of benzene rings is 1. The minimum Gasteiger partial charge on any atom is -0.386 e. The molecule has 0 aliphatic carbocycles. The normalized spacial score (nSPS) is 19.6. The molecule has 1 aromatic carbocycles. The van der Waals surface area contributed by atoms with Crippen LogP contribution in [0.15, 0.2) is 42.9 Å². The third-order valence-corrected chi connectivity index (χ3v) is 4.73. The lowest BCUT2D eigenvalue weighted by molar-refractivity contribution is -0.132. The van der Waals surface area contributed by atoms with Crippen LogP contribution in [0.25, 0.3) is 0 Å². The Hall–Kier alpha value is -2.54. The molecule has 1 aliphatic rings. The maximum Gasteiger partial charge on any atom is 0.222 e. The van der Waals surface area contributed by atoms with E-state index in [2.05, 4.69) is 9.97 Å². The monoisotopic (exact) mass is 358 g/mol. The number of carbonyl (C=O) groups excluding carboxylic acids is 1. The molecule has 1 saturated heterocycles. The minimum absolute atomic E-state index is 0.111. The zero-order valence-corrected chi connectivity index (χ0v) is 14.8. The summed E-state index contributed by atoms with van der Waals surface area (Å²) in [7, 11) is 1.67. The molecule has 1 amide bonds. The minimum atomic E-state index is -0.986. The molecule has 1 aliphatic heterocycles. The van der Waals surface area contributed by atoms with Crippen LogP contribution in [0.5, 0.6) is 0 Å². The van der Waals surface area contributed by atoms with E-state index in [1.165, 1.54) is 11.0 Å². The van der Waals surface area contributed by atoms with Gasteiger partial charge in [0.05, 0.1) is 12.7 Å². The number of amides is 1. The number of anilines is 1. The second-order valence-electron chi connectivity index (χ2n) is 6.80. The number of hydrogen-bond donors (Lipinski definition) is 1. The molecule has 0 bridgehead atoms. The lowest BCUT2D eigenvalue weighted by atomic mass is 10.0. The van der Waals surface area contributed by atoms with Crippen molar-refractivity contribution >= 4 is 11.7 Å². The molecule has 7 heteroatoms. The fraction of sp³-hybridized carbons (Fsp3) is 0.421. The van der Waals surface area contributed by atoms with E-state index < -0.39 is 5.60 Å². The maximum absolute atomic E-state index is 13.7. The van der Waals surface area contributed by atoms with Crippen molar-refractivity contribution in [2.75, 3.05) is 31.6 Å². The molecular formula is C19H23FN4O2. The van der Waals surface area contributed by atoms with Crippen molar-refractivity contribution in [3.05, 3.63) is 54.2 Å². The molecule has 6 nitrogen and oxygen atoms in total. The van der Waals surface area contributed by atoms with Gasteiger partial charge in [-0.1, -0.05) is 18.2 Å². The molecule has 1 atom stereocenters. The predicted octanol–water partition coefficient (Wildman–Crippen LogP) is 1.65. The summed E-state index contributed by atoms with van der Waals surface area (Å²) >= 11 is 0. The largest absolute Gasteiger partial charge is 0.386 e. The molecule has 138 valence electrons. The third kappa shape index (κ3) is 4.35. The molecule has 0 spiro atoms. The van der Waals surface area contributed by atoms with Crippen molar-refractivity contribution in [2.24, 2.45) is 0 Å². The van der Waals surface area contributed by atoms with Crippen LogP contribution in [-0.2, 0) is 11.2 Å². The number of hydrogen-bond acceptors (Lipinski definition) is 5. The van der Waals surface area contributed by atoms with Crippen molar-refractivity contribution in [3.63, 3.8) is 0 Å². The Morgan fingerprint density at radius 3 is 2.92 bits per heavy atom. The number of likely N-dealkylation sites (N-methyl/N-ethyl adjacent to an activating group) is 1. The first-order chi connectivity index (χ1) is 12.5. The average Bonchev–Trinajstić information content (AvgIpc) is 3.03. The van der Waals surface area contributed by atoms with Crippen LogP contribution < -0.4 is 4.90 Å². The van der Waals surface area contributed by atoms with Gasteiger partial charge in [0.15, 0.2) is 0 Å². The molecule has 0 saturated carbocycles. The Morgan fingerprint density at radius 1 is 1.38 bits per heavy atom. The number of aryl methyl sites for hydroxylation is 1. The number of carbonyl (C=O) groups is 1. The van der Waals surface area contributed by atoms with Crippen molar-refractivity contribution in [2.45, 2.75) is 24.9 Å². The topological polar surface area (TPSA) is 69.6 Å².